The van der Waals surface area contributed by atoms with Crippen LogP contribution in [0.5, 0.6) is 0 Å². The molecule has 106 valence electrons. The molecule has 2 aromatic rings. The number of benzene rings is 1. The molecule has 3 nitrogen and oxygen atoms in total. The van der Waals surface area contributed by atoms with Gasteiger partial charge in [0.2, 0.25) is 0 Å². The lowest BCUT2D eigenvalue weighted by Gasteiger charge is -2.12. The fourth-order valence-electron chi connectivity index (χ4n) is 1.59. The van der Waals surface area contributed by atoms with Gasteiger partial charge < -0.3 is 11.1 Å². The molecule has 1 heterocycles. The largest absolute Gasteiger partial charge is 0.433 e. The van der Waals surface area contributed by atoms with Crippen LogP contribution < -0.4 is 11.1 Å². The van der Waals surface area contributed by atoms with Crippen LogP contribution in [0.4, 0.5) is 30.2 Å². The summed E-state index contributed by atoms with van der Waals surface area (Å²) in [5, 5.41) is 2.88. The molecule has 1 aromatic carbocycles. The predicted molar refractivity (Wildman–Crippen MR) is 75.2 cm³/mol. The molecule has 20 heavy (non-hydrogen) atoms. The zero-order chi connectivity index (χ0) is 14.8. The van der Waals surface area contributed by atoms with Crippen LogP contribution in [-0.4, -0.2) is 11.2 Å². The van der Waals surface area contributed by atoms with E-state index < -0.39 is 11.9 Å². The Morgan fingerprint density at radius 2 is 2.00 bits per heavy atom. The van der Waals surface area contributed by atoms with Crippen LogP contribution >= 0.6 is 11.8 Å². The highest BCUT2D eigenvalue weighted by Crippen LogP contribution is 2.32. The zero-order valence-corrected chi connectivity index (χ0v) is 11.3. The number of aromatic nitrogens is 1. The van der Waals surface area contributed by atoms with E-state index >= 15 is 0 Å². The van der Waals surface area contributed by atoms with Crippen molar-refractivity contribution in [2.24, 2.45) is 0 Å². The number of hydrogen-bond donors (Lipinski definition) is 2. The van der Waals surface area contributed by atoms with Crippen molar-refractivity contribution >= 4 is 28.8 Å². The van der Waals surface area contributed by atoms with Crippen molar-refractivity contribution in [1.29, 1.82) is 0 Å². The van der Waals surface area contributed by atoms with Gasteiger partial charge in [-0.2, -0.15) is 13.2 Å². The van der Waals surface area contributed by atoms with Crippen molar-refractivity contribution in [3.8, 4) is 0 Å². The lowest BCUT2D eigenvalue weighted by Crippen LogP contribution is -2.09. The summed E-state index contributed by atoms with van der Waals surface area (Å²) in [6, 6.07) is 8.22. The lowest BCUT2D eigenvalue weighted by molar-refractivity contribution is -0.141. The van der Waals surface area contributed by atoms with E-state index in [4.69, 9.17) is 5.73 Å². The van der Waals surface area contributed by atoms with Gasteiger partial charge in [0.05, 0.1) is 17.6 Å². The Labute approximate surface area is 118 Å². The van der Waals surface area contributed by atoms with Gasteiger partial charge in [-0.3, -0.25) is 0 Å². The molecule has 0 saturated carbocycles. The Morgan fingerprint density at radius 3 is 2.65 bits per heavy atom. The molecule has 3 N–H and O–H groups in total. The second-order valence-electron chi connectivity index (χ2n) is 4.01. The van der Waals surface area contributed by atoms with E-state index in [2.05, 4.69) is 10.3 Å². The summed E-state index contributed by atoms with van der Waals surface area (Å²) in [7, 11) is 0. The molecule has 2 rings (SSSR count). The Balaban J connectivity index is 2.32. The minimum Gasteiger partial charge on any atom is -0.396 e. The molecular weight excluding hydrogens is 287 g/mol. The van der Waals surface area contributed by atoms with Crippen molar-refractivity contribution in [3.63, 3.8) is 0 Å². The normalized spacial score (nSPS) is 11.4. The van der Waals surface area contributed by atoms with E-state index in [9.17, 15) is 13.2 Å². The van der Waals surface area contributed by atoms with Crippen LogP contribution in [0.3, 0.4) is 0 Å². The van der Waals surface area contributed by atoms with Crippen molar-refractivity contribution < 1.29 is 13.2 Å². The average Bonchev–Trinajstić information content (AvgIpc) is 2.40. The molecule has 0 spiro atoms. The maximum absolute atomic E-state index is 12.6. The number of nitrogens with zero attached hydrogens (tertiary/aromatic N) is 1. The molecule has 0 fully saturated rings. The third-order valence-electron chi connectivity index (χ3n) is 2.57. The van der Waals surface area contributed by atoms with E-state index in [1.165, 1.54) is 0 Å². The van der Waals surface area contributed by atoms with E-state index in [-0.39, 0.29) is 11.4 Å². The number of hydrogen-bond acceptors (Lipinski definition) is 4. The van der Waals surface area contributed by atoms with E-state index in [0.29, 0.717) is 5.69 Å². The topological polar surface area (TPSA) is 50.9 Å². The monoisotopic (exact) mass is 299 g/mol. The number of nitrogens with one attached hydrogen (secondary N) is 1. The summed E-state index contributed by atoms with van der Waals surface area (Å²) in [6.45, 7) is 0. The van der Waals surface area contributed by atoms with Crippen LogP contribution in [0.1, 0.15) is 5.69 Å². The average molecular weight is 299 g/mol. The first-order chi connectivity index (χ1) is 9.40. The van der Waals surface area contributed by atoms with E-state index in [1.807, 2.05) is 24.5 Å². The molecule has 1 aromatic heterocycles. The molecule has 0 aliphatic rings. The highest BCUT2D eigenvalue weighted by molar-refractivity contribution is 7.98. The second-order valence-corrected chi connectivity index (χ2v) is 4.89. The van der Waals surface area contributed by atoms with Gasteiger partial charge in [0, 0.05) is 10.6 Å². The summed E-state index contributed by atoms with van der Waals surface area (Å²) < 4.78 is 37.9. The number of halogens is 3. The Morgan fingerprint density at radius 1 is 1.25 bits per heavy atom. The predicted octanol–water partition coefficient (Wildman–Crippen LogP) is 4.15. The van der Waals surface area contributed by atoms with Gasteiger partial charge in [0.25, 0.3) is 0 Å². The molecular formula is C13H12F3N3S. The van der Waals surface area contributed by atoms with Crippen LogP contribution in [0, 0.1) is 0 Å². The maximum atomic E-state index is 12.6. The number of rotatable bonds is 3. The third kappa shape index (κ3) is 3.36. The van der Waals surface area contributed by atoms with Gasteiger partial charge in [0.15, 0.2) is 0 Å². The molecule has 0 amide bonds. The number of nitrogen functional groups attached to an aromatic ring is 1. The van der Waals surface area contributed by atoms with Crippen LogP contribution in [0.15, 0.2) is 41.4 Å². The summed E-state index contributed by atoms with van der Waals surface area (Å²) >= 11 is 1.54. The molecule has 0 atom stereocenters. The number of anilines is 3. The highest BCUT2D eigenvalue weighted by atomic mass is 32.2. The van der Waals surface area contributed by atoms with Crippen LogP contribution in [0.2, 0.25) is 0 Å². The van der Waals surface area contributed by atoms with Gasteiger partial charge in [0.1, 0.15) is 5.69 Å². The van der Waals surface area contributed by atoms with Crippen molar-refractivity contribution in [1.82, 2.24) is 4.98 Å². The Kier molecular flexibility index (Phi) is 4.08. The van der Waals surface area contributed by atoms with Gasteiger partial charge in [-0.1, -0.05) is 6.07 Å². The first kappa shape index (κ1) is 14.5. The van der Waals surface area contributed by atoms with Gasteiger partial charge in [-0.25, -0.2) is 4.98 Å². The molecule has 0 saturated heterocycles. The first-order valence-electron chi connectivity index (χ1n) is 5.64. The quantitative estimate of drug-likeness (QED) is 0.836. The molecule has 0 aliphatic carbocycles. The Hall–Kier alpha value is -1.89. The standard InChI is InChI=1S/C13H12F3N3S/c1-20-9-4-2-3-8(5-9)19-11-6-12(13(14,15)16)18-7-10(11)17/h2-7H,17H2,1H3,(H,18,19). The van der Waals surface area contributed by atoms with E-state index in [0.717, 1.165) is 17.2 Å². The molecule has 0 bridgehead atoms. The van der Waals surface area contributed by atoms with Crippen molar-refractivity contribution in [3.05, 3.63) is 42.2 Å². The summed E-state index contributed by atoms with van der Waals surface area (Å²) in [6.07, 6.45) is -1.57. The lowest BCUT2D eigenvalue weighted by atomic mass is 10.2. The highest BCUT2D eigenvalue weighted by Gasteiger charge is 2.32. The maximum Gasteiger partial charge on any atom is 0.433 e. The summed E-state index contributed by atoms with van der Waals surface area (Å²) in [4.78, 5) is 4.29. The molecule has 0 aliphatic heterocycles. The van der Waals surface area contributed by atoms with Crippen molar-refractivity contribution in [2.75, 3.05) is 17.3 Å². The minimum absolute atomic E-state index is 0.160. The number of thioether (sulfide) groups is 1. The third-order valence-corrected chi connectivity index (χ3v) is 3.30. The minimum atomic E-state index is -4.49. The van der Waals surface area contributed by atoms with Crippen LogP contribution in [0.25, 0.3) is 0 Å². The number of pyridine rings is 1. The molecule has 0 radical (unpaired) electrons. The van der Waals surface area contributed by atoms with Crippen LogP contribution in [-0.2, 0) is 6.18 Å². The summed E-state index contributed by atoms with van der Waals surface area (Å²) in [5.74, 6) is 0. The first-order valence-corrected chi connectivity index (χ1v) is 6.86. The van der Waals surface area contributed by atoms with E-state index in [1.54, 1.807) is 17.8 Å². The number of alkyl halides is 3. The Bertz CT molecular complexity index is 614. The summed E-state index contributed by atoms with van der Waals surface area (Å²) in [5.41, 5.74) is 5.69. The fourth-order valence-corrected chi connectivity index (χ4v) is 2.05. The van der Waals surface area contributed by atoms with Gasteiger partial charge in [-0.15, -0.1) is 11.8 Å². The second kappa shape index (κ2) is 5.62. The van der Waals surface area contributed by atoms with Gasteiger partial charge >= 0.3 is 6.18 Å². The zero-order valence-electron chi connectivity index (χ0n) is 10.5. The number of nitrogens with two attached hydrogens (primary N) is 1. The SMILES string of the molecule is CSc1cccc(Nc2cc(C(F)(F)F)ncc2N)c1. The van der Waals surface area contributed by atoms with Crippen molar-refractivity contribution in [2.45, 2.75) is 11.1 Å². The fraction of sp³-hybridized carbons (Fsp3) is 0.154. The van der Waals surface area contributed by atoms with Gasteiger partial charge in [-0.05, 0) is 30.5 Å². The molecule has 7 heteroatoms. The molecule has 0 unspecified atom stereocenters. The smallest absolute Gasteiger partial charge is 0.396 e.